The number of pyridine rings is 1. The fraction of sp³-hybridized carbons (Fsp3) is 0.222. The molecule has 0 spiro atoms. The van der Waals surface area contributed by atoms with Gasteiger partial charge in [-0.15, -0.1) is 0 Å². The Bertz CT molecular complexity index is 1290. The van der Waals surface area contributed by atoms with Crippen molar-refractivity contribution >= 4 is 40.3 Å². The number of aromatic nitrogens is 1. The van der Waals surface area contributed by atoms with Crippen molar-refractivity contribution in [2.24, 2.45) is 9.98 Å². The predicted molar refractivity (Wildman–Crippen MR) is 139 cm³/mol. The van der Waals surface area contributed by atoms with E-state index < -0.39 is 11.3 Å². The normalized spacial score (nSPS) is 17.2. The molecule has 0 aliphatic carbocycles. The molecule has 3 aromatic rings. The number of hydrogen-bond donors (Lipinski definition) is 1. The number of nitrogens with one attached hydrogen (secondary N) is 1. The second-order valence-electron chi connectivity index (χ2n) is 8.34. The van der Waals surface area contributed by atoms with Crippen LogP contribution in [0.15, 0.2) is 89.1 Å². The minimum Gasteiger partial charge on any atom is -0.351 e. The minimum absolute atomic E-state index is 0.103. The Morgan fingerprint density at radius 2 is 1.83 bits per heavy atom. The van der Waals surface area contributed by atoms with Gasteiger partial charge in [0.1, 0.15) is 11.9 Å². The molecule has 3 heterocycles. The summed E-state index contributed by atoms with van der Waals surface area (Å²) >= 11 is 1.31. The van der Waals surface area contributed by atoms with Gasteiger partial charge in [-0.3, -0.25) is 19.6 Å². The minimum atomic E-state index is -0.524. The van der Waals surface area contributed by atoms with Gasteiger partial charge < -0.3 is 5.32 Å². The van der Waals surface area contributed by atoms with Crippen LogP contribution in [0.5, 0.6) is 0 Å². The van der Waals surface area contributed by atoms with Gasteiger partial charge >= 0.3 is 0 Å². The number of fused-ring (bicyclic) bond motifs is 3. The monoisotopic (exact) mass is 483 g/mol. The van der Waals surface area contributed by atoms with Crippen LogP contribution >= 0.6 is 11.8 Å². The lowest BCUT2D eigenvalue weighted by Gasteiger charge is -2.27. The van der Waals surface area contributed by atoms with Crippen LogP contribution in [-0.4, -0.2) is 44.0 Å². The van der Waals surface area contributed by atoms with E-state index in [0.29, 0.717) is 30.4 Å². The van der Waals surface area contributed by atoms with E-state index in [1.165, 1.54) is 11.8 Å². The number of amides is 2. The van der Waals surface area contributed by atoms with Crippen molar-refractivity contribution in [3.8, 4) is 0 Å². The van der Waals surface area contributed by atoms with Crippen LogP contribution in [0.1, 0.15) is 30.0 Å². The highest BCUT2D eigenvalue weighted by molar-refractivity contribution is 8.15. The van der Waals surface area contributed by atoms with Gasteiger partial charge in [0.05, 0.1) is 10.9 Å². The maximum atomic E-state index is 13.5. The van der Waals surface area contributed by atoms with Crippen molar-refractivity contribution in [2.75, 3.05) is 0 Å². The first-order valence-electron chi connectivity index (χ1n) is 11.6. The highest BCUT2D eigenvalue weighted by Gasteiger charge is 2.42. The van der Waals surface area contributed by atoms with E-state index in [1.807, 2.05) is 73.7 Å². The summed E-state index contributed by atoms with van der Waals surface area (Å²) in [6.07, 6.45) is 4.54. The zero-order valence-electron chi connectivity index (χ0n) is 19.3. The van der Waals surface area contributed by atoms with E-state index in [1.54, 1.807) is 17.3 Å². The lowest BCUT2D eigenvalue weighted by molar-refractivity contribution is -0.124. The molecule has 0 bridgehead atoms. The Hall–Kier alpha value is -3.78. The number of aliphatic imine (C=N–C) groups is 2. The van der Waals surface area contributed by atoms with Crippen LogP contribution in [0.4, 0.5) is 5.69 Å². The lowest BCUT2D eigenvalue weighted by Crippen LogP contribution is -2.43. The van der Waals surface area contributed by atoms with E-state index >= 15 is 0 Å². The van der Waals surface area contributed by atoms with Gasteiger partial charge in [0, 0.05) is 30.9 Å². The van der Waals surface area contributed by atoms with E-state index in [-0.39, 0.29) is 11.8 Å². The molecule has 0 saturated carbocycles. The molecule has 176 valence electrons. The van der Waals surface area contributed by atoms with Crippen molar-refractivity contribution in [1.29, 1.82) is 0 Å². The van der Waals surface area contributed by atoms with E-state index in [9.17, 15) is 9.59 Å². The maximum Gasteiger partial charge on any atom is 0.259 e. The van der Waals surface area contributed by atoms with Gasteiger partial charge in [-0.05, 0) is 35.7 Å². The maximum absolute atomic E-state index is 13.5. The average molecular weight is 484 g/mol. The van der Waals surface area contributed by atoms with E-state index in [0.717, 1.165) is 22.4 Å². The summed E-state index contributed by atoms with van der Waals surface area (Å²) in [5.74, 6) is 0.388. The Balaban J connectivity index is 1.38. The summed E-state index contributed by atoms with van der Waals surface area (Å²) in [7, 11) is 0. The number of carbonyl (C=O) groups excluding carboxylic acids is 2. The third kappa shape index (κ3) is 4.88. The van der Waals surface area contributed by atoms with Gasteiger partial charge in [-0.25, -0.2) is 9.89 Å². The molecule has 1 N–H and O–H groups in total. The highest BCUT2D eigenvalue weighted by atomic mass is 32.2. The van der Waals surface area contributed by atoms with Gasteiger partial charge in [0.15, 0.2) is 5.17 Å². The Morgan fingerprint density at radius 1 is 1.06 bits per heavy atom. The molecular weight excluding hydrogens is 458 g/mol. The molecule has 0 unspecified atom stereocenters. The molecule has 2 aliphatic rings. The number of para-hydroxylation sites is 1. The first kappa shape index (κ1) is 23.0. The quantitative estimate of drug-likeness (QED) is 0.548. The summed E-state index contributed by atoms with van der Waals surface area (Å²) in [5.41, 5.74) is 3.56. The number of nitrogens with zero attached hydrogens (tertiary/aromatic N) is 4. The van der Waals surface area contributed by atoms with Crippen molar-refractivity contribution in [1.82, 2.24) is 15.2 Å². The molecule has 1 aromatic heterocycles. The molecule has 5 rings (SSSR count). The number of thioether (sulfide) groups is 1. The molecule has 2 aromatic carbocycles. The zero-order chi connectivity index (χ0) is 24.2. The van der Waals surface area contributed by atoms with Crippen LogP contribution in [-0.2, 0) is 22.6 Å². The topological polar surface area (TPSA) is 87.0 Å². The number of carbonyl (C=O) groups is 2. The van der Waals surface area contributed by atoms with Crippen LogP contribution < -0.4 is 5.32 Å². The fourth-order valence-corrected chi connectivity index (χ4v) is 5.15. The lowest BCUT2D eigenvalue weighted by atomic mass is 10.1. The number of amidine groups is 2. The van der Waals surface area contributed by atoms with Gasteiger partial charge in [0.25, 0.3) is 5.91 Å². The largest absolute Gasteiger partial charge is 0.351 e. The van der Waals surface area contributed by atoms with Crippen molar-refractivity contribution in [3.63, 3.8) is 0 Å². The van der Waals surface area contributed by atoms with E-state index in [2.05, 4.69) is 10.3 Å². The van der Waals surface area contributed by atoms with Crippen LogP contribution in [0, 0.1) is 0 Å². The van der Waals surface area contributed by atoms with Gasteiger partial charge in [0.2, 0.25) is 5.91 Å². The summed E-state index contributed by atoms with van der Waals surface area (Å²) in [6.45, 7) is 2.35. The number of hydrogen-bond acceptors (Lipinski definition) is 6. The summed E-state index contributed by atoms with van der Waals surface area (Å²) in [5, 5.41) is 3.07. The third-order valence-electron chi connectivity index (χ3n) is 5.92. The highest BCUT2D eigenvalue weighted by Crippen LogP contribution is 2.35. The predicted octanol–water partition coefficient (Wildman–Crippen LogP) is 4.11. The summed E-state index contributed by atoms with van der Waals surface area (Å²) in [4.78, 5) is 41.8. The van der Waals surface area contributed by atoms with Crippen LogP contribution in [0.2, 0.25) is 0 Å². The van der Waals surface area contributed by atoms with Crippen molar-refractivity contribution in [3.05, 3.63) is 95.8 Å². The number of rotatable bonds is 7. The van der Waals surface area contributed by atoms with Crippen molar-refractivity contribution < 1.29 is 9.59 Å². The molecule has 2 atom stereocenters. The van der Waals surface area contributed by atoms with Gasteiger partial charge in [-0.2, -0.15) is 0 Å². The fourth-order valence-electron chi connectivity index (χ4n) is 4.11. The second kappa shape index (κ2) is 10.2. The zero-order valence-corrected chi connectivity index (χ0v) is 20.1. The van der Waals surface area contributed by atoms with Crippen LogP contribution in [0.25, 0.3) is 0 Å². The first-order chi connectivity index (χ1) is 17.1. The molecule has 0 saturated heterocycles. The Kier molecular flexibility index (Phi) is 6.72. The van der Waals surface area contributed by atoms with Gasteiger partial charge in [-0.1, -0.05) is 67.2 Å². The van der Waals surface area contributed by atoms with E-state index in [4.69, 9.17) is 9.98 Å². The molecule has 0 radical (unpaired) electrons. The molecule has 8 heteroatoms. The molecule has 2 aliphatic heterocycles. The molecule has 2 amide bonds. The summed E-state index contributed by atoms with van der Waals surface area (Å²) in [6, 6.07) is 20.8. The second-order valence-corrected chi connectivity index (χ2v) is 9.51. The SMILES string of the molecule is CC[C@@H](SC1=Nc2ccccc2C2=N[C@@H](Cc3ccccc3)C(=O)N12)C(=O)NCc1cccnc1. The number of benzene rings is 2. The van der Waals surface area contributed by atoms with Crippen LogP contribution in [0.3, 0.4) is 0 Å². The average Bonchev–Trinajstić information content (AvgIpc) is 3.23. The Morgan fingerprint density at radius 3 is 2.60 bits per heavy atom. The molecule has 0 fully saturated rings. The standard InChI is InChI=1S/C27H25N5O2S/c1-2-23(25(33)29-17-19-11-8-14-28-16-19)35-27-31-21-13-7-6-12-20(21)24-30-22(26(34)32(24)27)15-18-9-4-3-5-10-18/h3-14,16,22-23H,2,15,17H2,1H3,(H,29,33)/t22-,23+/m0/s1. The first-order valence-corrected chi connectivity index (χ1v) is 12.5. The molecule has 35 heavy (non-hydrogen) atoms. The smallest absolute Gasteiger partial charge is 0.259 e. The van der Waals surface area contributed by atoms with Crippen molar-refractivity contribution in [2.45, 2.75) is 37.6 Å². The molecular formula is C27H25N5O2S. The Labute approximate surface area is 208 Å². The molecule has 7 nitrogen and oxygen atoms in total. The third-order valence-corrected chi connectivity index (χ3v) is 7.24. The summed E-state index contributed by atoms with van der Waals surface area (Å²) < 4.78 is 0.